The lowest BCUT2D eigenvalue weighted by atomic mass is 9.99. The van der Waals surface area contributed by atoms with Gasteiger partial charge in [0.25, 0.3) is 5.91 Å². The van der Waals surface area contributed by atoms with E-state index in [1.165, 1.54) is 0 Å². The van der Waals surface area contributed by atoms with E-state index >= 15 is 0 Å². The van der Waals surface area contributed by atoms with Gasteiger partial charge < -0.3 is 14.5 Å². The first-order chi connectivity index (χ1) is 12.0. The van der Waals surface area contributed by atoms with Gasteiger partial charge in [0.05, 0.1) is 12.2 Å². The first kappa shape index (κ1) is 19.4. The minimum Gasteiger partial charge on any atom is -0.480 e. The van der Waals surface area contributed by atoms with Crippen molar-refractivity contribution >= 4 is 11.9 Å². The second kappa shape index (κ2) is 8.99. The zero-order chi connectivity index (χ0) is 18.4. The van der Waals surface area contributed by atoms with Crippen molar-refractivity contribution in [2.75, 3.05) is 26.7 Å². The van der Waals surface area contributed by atoms with Crippen molar-refractivity contribution in [1.29, 1.82) is 0 Å². The predicted octanol–water partition coefficient (Wildman–Crippen LogP) is 2.59. The Morgan fingerprint density at radius 2 is 2.08 bits per heavy atom. The Morgan fingerprint density at radius 1 is 1.36 bits per heavy atom. The number of carboxylic acid groups (broad SMARTS) is 1. The number of carbonyl (C=O) groups is 2. The van der Waals surface area contributed by atoms with Gasteiger partial charge in [0.1, 0.15) is 0 Å². The number of carboxylic acids is 1. The molecule has 1 aromatic rings. The minimum atomic E-state index is -0.824. The molecule has 1 aliphatic heterocycles. The molecule has 0 radical (unpaired) electrons. The molecule has 0 saturated carbocycles. The van der Waals surface area contributed by atoms with Gasteiger partial charge in [0, 0.05) is 31.1 Å². The highest BCUT2D eigenvalue weighted by Crippen LogP contribution is 2.24. The average molecular weight is 351 g/mol. The van der Waals surface area contributed by atoms with Crippen molar-refractivity contribution < 1.29 is 19.2 Å². The number of nitrogens with zero attached hydrogens (tertiary/aromatic N) is 3. The van der Waals surface area contributed by atoms with Crippen molar-refractivity contribution in [2.45, 2.75) is 57.9 Å². The zero-order valence-electron chi connectivity index (χ0n) is 15.4. The first-order valence-corrected chi connectivity index (χ1v) is 9.14. The number of likely N-dealkylation sites (tertiary alicyclic amines) is 1. The topological polar surface area (TPSA) is 86.9 Å². The lowest BCUT2D eigenvalue weighted by Gasteiger charge is -2.25. The molecule has 1 aromatic heterocycles. The van der Waals surface area contributed by atoms with Gasteiger partial charge in [-0.3, -0.25) is 14.5 Å². The predicted molar refractivity (Wildman–Crippen MR) is 93.6 cm³/mol. The largest absolute Gasteiger partial charge is 0.480 e. The van der Waals surface area contributed by atoms with E-state index in [-0.39, 0.29) is 18.5 Å². The summed E-state index contributed by atoms with van der Waals surface area (Å²) < 4.78 is 5.30. The van der Waals surface area contributed by atoms with E-state index in [0.717, 1.165) is 37.8 Å². The lowest BCUT2D eigenvalue weighted by Crippen LogP contribution is -2.37. The maximum absolute atomic E-state index is 12.7. The highest BCUT2D eigenvalue weighted by Gasteiger charge is 2.27. The van der Waals surface area contributed by atoms with Gasteiger partial charge in [0.15, 0.2) is 0 Å². The van der Waals surface area contributed by atoms with E-state index in [1.54, 1.807) is 11.0 Å². The molecule has 1 N–H and O–H groups in total. The van der Waals surface area contributed by atoms with Crippen LogP contribution in [0.5, 0.6) is 0 Å². The van der Waals surface area contributed by atoms with E-state index in [4.69, 9.17) is 9.63 Å². The molecular weight excluding hydrogens is 322 g/mol. The lowest BCUT2D eigenvalue weighted by molar-refractivity contribution is -0.138. The van der Waals surface area contributed by atoms with Gasteiger partial charge in [-0.05, 0) is 39.2 Å². The van der Waals surface area contributed by atoms with E-state index in [0.29, 0.717) is 24.8 Å². The van der Waals surface area contributed by atoms with E-state index in [2.05, 4.69) is 19.0 Å². The van der Waals surface area contributed by atoms with Crippen LogP contribution >= 0.6 is 0 Å². The van der Waals surface area contributed by atoms with E-state index < -0.39 is 5.97 Å². The smallest absolute Gasteiger partial charge is 0.317 e. The van der Waals surface area contributed by atoms with Crippen LogP contribution in [0.3, 0.4) is 0 Å². The maximum atomic E-state index is 12.7. The number of aromatic nitrogens is 1. The molecule has 2 heterocycles. The number of aliphatic carboxylic acids is 1. The Hall–Kier alpha value is -1.89. The van der Waals surface area contributed by atoms with Crippen LogP contribution in [0.2, 0.25) is 0 Å². The highest BCUT2D eigenvalue weighted by molar-refractivity contribution is 5.91. The summed E-state index contributed by atoms with van der Waals surface area (Å²) in [6.45, 7) is 5.51. The molecule has 0 bridgehead atoms. The second-order valence-corrected chi connectivity index (χ2v) is 6.82. The van der Waals surface area contributed by atoms with Gasteiger partial charge >= 0.3 is 5.97 Å². The number of amides is 1. The van der Waals surface area contributed by atoms with Crippen LogP contribution < -0.4 is 0 Å². The second-order valence-electron chi connectivity index (χ2n) is 6.82. The van der Waals surface area contributed by atoms with Crippen LogP contribution in [0, 0.1) is 0 Å². The van der Waals surface area contributed by atoms with Gasteiger partial charge in [-0.25, -0.2) is 0 Å². The fourth-order valence-corrected chi connectivity index (χ4v) is 3.51. The molecule has 25 heavy (non-hydrogen) atoms. The summed E-state index contributed by atoms with van der Waals surface area (Å²) >= 11 is 0. The SMILES string of the molecule is CCC(CC)c1cc(C(=O)N2CCCC(N(C)CC(=O)O)CC2)on1. The highest BCUT2D eigenvalue weighted by atomic mass is 16.5. The van der Waals surface area contributed by atoms with Crippen LogP contribution in [0.4, 0.5) is 0 Å². The summed E-state index contributed by atoms with van der Waals surface area (Å²) in [5.41, 5.74) is 0.849. The quantitative estimate of drug-likeness (QED) is 0.812. The van der Waals surface area contributed by atoms with Crippen molar-refractivity contribution in [2.24, 2.45) is 0 Å². The maximum Gasteiger partial charge on any atom is 0.317 e. The fourth-order valence-electron chi connectivity index (χ4n) is 3.51. The van der Waals surface area contributed by atoms with Gasteiger partial charge in [-0.2, -0.15) is 0 Å². The molecule has 140 valence electrons. The van der Waals surface area contributed by atoms with Crippen LogP contribution in [0.15, 0.2) is 10.6 Å². The molecule has 1 amide bonds. The molecule has 2 rings (SSSR count). The number of rotatable bonds is 7. The van der Waals surface area contributed by atoms with E-state index in [1.807, 2.05) is 11.9 Å². The summed E-state index contributed by atoms with van der Waals surface area (Å²) in [5.74, 6) is -0.316. The van der Waals surface area contributed by atoms with Crippen LogP contribution in [-0.4, -0.2) is 64.7 Å². The third kappa shape index (κ3) is 5.04. The normalized spacial score (nSPS) is 18.6. The summed E-state index contributed by atoms with van der Waals surface area (Å²) in [6.07, 6.45) is 4.45. The monoisotopic (exact) mass is 351 g/mol. The van der Waals surface area contributed by atoms with Gasteiger partial charge in [0.2, 0.25) is 5.76 Å². The van der Waals surface area contributed by atoms with Crippen molar-refractivity contribution in [3.8, 4) is 0 Å². The Bertz CT molecular complexity index is 583. The van der Waals surface area contributed by atoms with Gasteiger partial charge in [-0.1, -0.05) is 19.0 Å². The van der Waals surface area contributed by atoms with Crippen molar-refractivity contribution in [3.63, 3.8) is 0 Å². The Kier molecular flexibility index (Phi) is 6.99. The Labute approximate surface area is 149 Å². The number of hydrogen-bond acceptors (Lipinski definition) is 5. The molecule has 1 fully saturated rings. The molecule has 0 aliphatic carbocycles. The third-order valence-electron chi connectivity index (χ3n) is 5.14. The molecule has 1 saturated heterocycles. The van der Waals surface area contributed by atoms with Crippen LogP contribution in [-0.2, 0) is 4.79 Å². The van der Waals surface area contributed by atoms with Gasteiger partial charge in [-0.15, -0.1) is 0 Å². The van der Waals surface area contributed by atoms with E-state index in [9.17, 15) is 9.59 Å². The fraction of sp³-hybridized carbons (Fsp3) is 0.722. The Morgan fingerprint density at radius 3 is 2.72 bits per heavy atom. The number of carbonyl (C=O) groups excluding carboxylic acids is 1. The average Bonchev–Trinajstić information content (AvgIpc) is 2.91. The minimum absolute atomic E-state index is 0.0273. The zero-order valence-corrected chi connectivity index (χ0v) is 15.4. The summed E-state index contributed by atoms with van der Waals surface area (Å²) in [6, 6.07) is 1.96. The molecule has 7 heteroatoms. The first-order valence-electron chi connectivity index (χ1n) is 9.14. The summed E-state index contributed by atoms with van der Waals surface area (Å²) in [7, 11) is 1.83. The van der Waals surface area contributed by atoms with Crippen molar-refractivity contribution in [1.82, 2.24) is 15.0 Å². The molecule has 0 spiro atoms. The summed E-state index contributed by atoms with van der Waals surface area (Å²) in [5, 5.41) is 13.0. The third-order valence-corrected chi connectivity index (χ3v) is 5.14. The Balaban J connectivity index is 1.98. The van der Waals surface area contributed by atoms with Crippen molar-refractivity contribution in [3.05, 3.63) is 17.5 Å². The molecule has 1 aliphatic rings. The standard InChI is InChI=1S/C18H29N3O4/c1-4-13(5-2)15-11-16(25-19-15)18(24)21-9-6-7-14(8-10-21)20(3)12-17(22)23/h11,13-14H,4-10,12H2,1-3H3,(H,22,23). The summed E-state index contributed by atoms with van der Waals surface area (Å²) in [4.78, 5) is 27.2. The molecule has 1 atom stereocenters. The number of likely N-dealkylation sites (N-methyl/N-ethyl adjacent to an activating group) is 1. The van der Waals surface area contributed by atoms with Crippen LogP contribution in [0.1, 0.15) is 68.1 Å². The number of hydrogen-bond donors (Lipinski definition) is 1. The van der Waals surface area contributed by atoms with Crippen LogP contribution in [0.25, 0.3) is 0 Å². The molecule has 1 unspecified atom stereocenters. The molecule has 7 nitrogen and oxygen atoms in total. The molecular formula is C18H29N3O4. The molecule has 0 aromatic carbocycles.